The second kappa shape index (κ2) is 13.9. The van der Waals surface area contributed by atoms with E-state index in [-0.39, 0.29) is 39.1 Å². The molecule has 2 amide bonds. The minimum absolute atomic E-state index is 0.000261. The molecule has 0 aliphatic heterocycles. The van der Waals surface area contributed by atoms with Gasteiger partial charge in [-0.15, -0.1) is 0 Å². The molecule has 1 aliphatic carbocycles. The fourth-order valence-corrected chi connectivity index (χ4v) is 6.97. The van der Waals surface area contributed by atoms with Gasteiger partial charge in [0.05, 0.1) is 20.6 Å². The van der Waals surface area contributed by atoms with Crippen LogP contribution in [-0.4, -0.2) is 43.8 Å². The third kappa shape index (κ3) is 7.55. The lowest BCUT2D eigenvalue weighted by molar-refractivity contribution is -0.139. The Morgan fingerprint density at radius 2 is 1.51 bits per heavy atom. The van der Waals surface area contributed by atoms with Crippen molar-refractivity contribution in [3.05, 3.63) is 93.4 Å². The number of hydrogen-bond donors (Lipinski definition) is 1. The van der Waals surface area contributed by atoms with Crippen molar-refractivity contribution in [2.24, 2.45) is 0 Å². The predicted molar refractivity (Wildman–Crippen MR) is 164 cm³/mol. The zero-order chi connectivity index (χ0) is 29.6. The van der Waals surface area contributed by atoms with Gasteiger partial charge < -0.3 is 10.2 Å². The Hall–Kier alpha value is -2.78. The second-order valence-corrected chi connectivity index (χ2v) is 13.1. The van der Waals surface area contributed by atoms with Crippen LogP contribution in [0, 0.1) is 0 Å². The van der Waals surface area contributed by atoms with Crippen LogP contribution in [0.4, 0.5) is 5.69 Å². The first-order valence-electron chi connectivity index (χ1n) is 13.4. The van der Waals surface area contributed by atoms with Gasteiger partial charge in [-0.05, 0) is 55.7 Å². The molecule has 1 saturated carbocycles. The van der Waals surface area contributed by atoms with E-state index in [9.17, 15) is 18.0 Å². The van der Waals surface area contributed by atoms with Crippen LogP contribution in [0.5, 0.6) is 0 Å². The molecule has 0 radical (unpaired) electrons. The van der Waals surface area contributed by atoms with Gasteiger partial charge in [0, 0.05) is 17.6 Å². The van der Waals surface area contributed by atoms with Crippen molar-refractivity contribution in [3.63, 3.8) is 0 Å². The van der Waals surface area contributed by atoms with Crippen molar-refractivity contribution < 1.29 is 18.0 Å². The topological polar surface area (TPSA) is 86.8 Å². The van der Waals surface area contributed by atoms with E-state index in [4.69, 9.17) is 34.8 Å². The van der Waals surface area contributed by atoms with E-state index in [0.29, 0.717) is 10.6 Å². The molecule has 1 N–H and O–H groups in total. The van der Waals surface area contributed by atoms with Gasteiger partial charge in [0.1, 0.15) is 12.6 Å². The Morgan fingerprint density at radius 1 is 0.878 bits per heavy atom. The lowest BCUT2D eigenvalue weighted by Gasteiger charge is -2.33. The van der Waals surface area contributed by atoms with E-state index in [1.165, 1.54) is 29.2 Å². The smallest absolute Gasteiger partial charge is 0.264 e. The summed E-state index contributed by atoms with van der Waals surface area (Å²) in [6.45, 7) is 1.01. The van der Waals surface area contributed by atoms with E-state index in [2.05, 4.69) is 5.32 Å². The summed E-state index contributed by atoms with van der Waals surface area (Å²) in [5, 5.41) is 3.63. The average Bonchev–Trinajstić information content (AvgIpc) is 2.97. The Morgan fingerprint density at radius 3 is 2.20 bits per heavy atom. The molecule has 1 aliphatic rings. The molecule has 1 atom stereocenters. The standard InChI is InChI=1S/C30H32Cl3N3O4S/c1-21(30(38)34-23-12-4-2-5-13-23)35(19-22-11-8-9-16-25(22)31)28(37)20-36(27-18-10-17-26(32)29(27)33)41(39,40)24-14-6-3-7-15-24/h3,6-11,14-18,21,23H,2,4-5,12-13,19-20H2,1H3,(H,34,38)/t21-/m1/s1. The van der Waals surface area contributed by atoms with Crippen molar-refractivity contribution in [1.82, 2.24) is 10.2 Å². The quantitative estimate of drug-likeness (QED) is 0.268. The first-order valence-corrected chi connectivity index (χ1v) is 16.0. The Balaban J connectivity index is 1.71. The minimum atomic E-state index is -4.26. The highest BCUT2D eigenvalue weighted by atomic mass is 35.5. The number of amides is 2. The van der Waals surface area contributed by atoms with Crippen LogP contribution in [0.2, 0.25) is 15.1 Å². The number of anilines is 1. The summed E-state index contributed by atoms with van der Waals surface area (Å²) in [6.07, 6.45) is 4.97. The molecule has 41 heavy (non-hydrogen) atoms. The number of nitrogens with zero attached hydrogens (tertiary/aromatic N) is 2. The third-order valence-corrected chi connectivity index (χ3v) is 10.2. The fourth-order valence-electron chi connectivity index (χ4n) is 4.88. The molecule has 3 aromatic rings. The maximum absolute atomic E-state index is 14.1. The van der Waals surface area contributed by atoms with Gasteiger partial charge in [-0.2, -0.15) is 0 Å². The van der Waals surface area contributed by atoms with Gasteiger partial charge in [0.25, 0.3) is 10.0 Å². The van der Waals surface area contributed by atoms with Crippen LogP contribution < -0.4 is 9.62 Å². The molecule has 0 unspecified atom stereocenters. The molecule has 11 heteroatoms. The largest absolute Gasteiger partial charge is 0.352 e. The molecule has 218 valence electrons. The number of carbonyl (C=O) groups is 2. The molecule has 0 heterocycles. The van der Waals surface area contributed by atoms with E-state index in [0.717, 1.165) is 36.4 Å². The summed E-state index contributed by atoms with van der Waals surface area (Å²) >= 11 is 19.1. The number of nitrogens with one attached hydrogen (secondary N) is 1. The van der Waals surface area contributed by atoms with E-state index >= 15 is 0 Å². The minimum Gasteiger partial charge on any atom is -0.352 e. The van der Waals surface area contributed by atoms with Crippen molar-refractivity contribution in [3.8, 4) is 0 Å². The molecule has 7 nitrogen and oxygen atoms in total. The molecule has 0 aromatic heterocycles. The summed E-state index contributed by atoms with van der Waals surface area (Å²) in [7, 11) is -4.26. The van der Waals surface area contributed by atoms with Gasteiger partial charge in [-0.3, -0.25) is 13.9 Å². The van der Waals surface area contributed by atoms with E-state index in [1.54, 1.807) is 55.5 Å². The molecule has 0 bridgehead atoms. The van der Waals surface area contributed by atoms with Gasteiger partial charge >= 0.3 is 0 Å². The summed E-state index contributed by atoms with van der Waals surface area (Å²) < 4.78 is 28.7. The number of sulfonamides is 1. The zero-order valence-electron chi connectivity index (χ0n) is 22.6. The number of halogens is 3. The molecule has 0 spiro atoms. The molecule has 4 rings (SSSR count). The van der Waals surface area contributed by atoms with Crippen molar-refractivity contribution >= 4 is 62.3 Å². The Bertz CT molecular complexity index is 1480. The number of hydrogen-bond acceptors (Lipinski definition) is 4. The lowest BCUT2D eigenvalue weighted by Crippen LogP contribution is -2.53. The summed E-state index contributed by atoms with van der Waals surface area (Å²) in [5.41, 5.74) is 0.673. The summed E-state index contributed by atoms with van der Waals surface area (Å²) in [6, 6.07) is 18.5. The highest BCUT2D eigenvalue weighted by Crippen LogP contribution is 2.35. The van der Waals surface area contributed by atoms with Crippen LogP contribution >= 0.6 is 34.8 Å². The maximum Gasteiger partial charge on any atom is 0.264 e. The summed E-state index contributed by atoms with van der Waals surface area (Å²) in [4.78, 5) is 28.8. The molecular weight excluding hydrogens is 605 g/mol. The third-order valence-electron chi connectivity index (χ3n) is 7.23. The fraction of sp³-hybridized carbons (Fsp3) is 0.333. The van der Waals surface area contributed by atoms with Gasteiger partial charge in [0.15, 0.2) is 0 Å². The van der Waals surface area contributed by atoms with Crippen LogP contribution in [-0.2, 0) is 26.2 Å². The summed E-state index contributed by atoms with van der Waals surface area (Å²) in [5.74, 6) is -0.915. The van der Waals surface area contributed by atoms with Crippen molar-refractivity contribution in [2.45, 2.75) is 62.6 Å². The van der Waals surface area contributed by atoms with Gasteiger partial charge in [0.2, 0.25) is 11.8 Å². The molecule has 3 aromatic carbocycles. The van der Waals surface area contributed by atoms with E-state index < -0.39 is 28.5 Å². The predicted octanol–water partition coefficient (Wildman–Crippen LogP) is 6.71. The van der Waals surface area contributed by atoms with Gasteiger partial charge in [-0.25, -0.2) is 8.42 Å². The Labute approximate surface area is 256 Å². The van der Waals surface area contributed by atoms with Crippen molar-refractivity contribution in [1.29, 1.82) is 0 Å². The highest BCUT2D eigenvalue weighted by molar-refractivity contribution is 7.92. The highest BCUT2D eigenvalue weighted by Gasteiger charge is 2.34. The monoisotopic (exact) mass is 635 g/mol. The van der Waals surface area contributed by atoms with Crippen LogP contribution in [0.1, 0.15) is 44.6 Å². The number of rotatable bonds is 10. The SMILES string of the molecule is C[C@H](C(=O)NC1CCCCC1)N(Cc1ccccc1Cl)C(=O)CN(c1cccc(Cl)c1Cl)S(=O)(=O)c1ccccc1. The normalized spacial score (nSPS) is 14.7. The number of benzene rings is 3. The molecular formula is C30H32Cl3N3O4S. The van der Waals surface area contributed by atoms with E-state index in [1.807, 2.05) is 0 Å². The first-order chi connectivity index (χ1) is 19.6. The zero-order valence-corrected chi connectivity index (χ0v) is 25.7. The Kier molecular flexibility index (Phi) is 10.6. The average molecular weight is 637 g/mol. The van der Waals surface area contributed by atoms with Crippen LogP contribution in [0.15, 0.2) is 77.7 Å². The maximum atomic E-state index is 14.1. The molecule has 1 fully saturated rings. The second-order valence-electron chi connectivity index (χ2n) is 10.0. The molecule has 0 saturated heterocycles. The van der Waals surface area contributed by atoms with Gasteiger partial charge in [-0.1, -0.05) is 96.5 Å². The van der Waals surface area contributed by atoms with Crippen molar-refractivity contribution in [2.75, 3.05) is 10.8 Å². The number of carbonyl (C=O) groups excluding carboxylic acids is 2. The van der Waals surface area contributed by atoms with Crippen LogP contribution in [0.3, 0.4) is 0 Å². The lowest BCUT2D eigenvalue weighted by atomic mass is 9.95. The van der Waals surface area contributed by atoms with Crippen LogP contribution in [0.25, 0.3) is 0 Å². The first kappa shape index (κ1) is 31.2.